The highest BCUT2D eigenvalue weighted by atomic mass is 16.4. The van der Waals surface area contributed by atoms with Crippen LogP contribution in [-0.4, -0.2) is 29.1 Å². The molecule has 1 heterocycles. The van der Waals surface area contributed by atoms with Crippen molar-refractivity contribution < 1.29 is 9.90 Å². The first-order valence-electron chi connectivity index (χ1n) is 7.69. The average Bonchev–Trinajstić information content (AvgIpc) is 2.83. The molecule has 1 saturated carbocycles. The van der Waals surface area contributed by atoms with Crippen molar-refractivity contribution in [3.8, 4) is 0 Å². The van der Waals surface area contributed by atoms with Crippen LogP contribution in [0.1, 0.15) is 37.7 Å². The topological polar surface area (TPSA) is 40.5 Å². The summed E-state index contributed by atoms with van der Waals surface area (Å²) in [4.78, 5) is 14.0. The maximum absolute atomic E-state index is 11.5. The van der Waals surface area contributed by atoms with Crippen LogP contribution in [-0.2, 0) is 11.3 Å². The predicted octanol–water partition coefficient (Wildman–Crippen LogP) is 3.15. The lowest BCUT2D eigenvalue weighted by atomic mass is 9.72. The highest BCUT2D eigenvalue weighted by Gasteiger charge is 2.48. The molecular weight excluding hydrogens is 250 g/mol. The van der Waals surface area contributed by atoms with Crippen LogP contribution in [0.4, 0.5) is 0 Å². The van der Waals surface area contributed by atoms with Crippen LogP contribution in [0, 0.1) is 11.3 Å². The number of carbonyl (C=O) groups is 1. The summed E-state index contributed by atoms with van der Waals surface area (Å²) in [6.45, 7) is 3.01. The minimum atomic E-state index is -0.580. The van der Waals surface area contributed by atoms with Gasteiger partial charge in [-0.25, -0.2) is 0 Å². The van der Waals surface area contributed by atoms with Gasteiger partial charge >= 0.3 is 5.97 Å². The molecule has 1 aliphatic heterocycles. The number of hydrogen-bond donors (Lipinski definition) is 1. The summed E-state index contributed by atoms with van der Waals surface area (Å²) in [6.07, 6.45) is 5.27. The molecular formula is C17H23NO2. The fourth-order valence-corrected chi connectivity index (χ4v) is 4.25. The fraction of sp³-hybridized carbons (Fsp3) is 0.588. The van der Waals surface area contributed by atoms with E-state index in [9.17, 15) is 9.90 Å². The Morgan fingerprint density at radius 2 is 2.00 bits per heavy atom. The molecule has 0 radical (unpaired) electrons. The average molecular weight is 273 g/mol. The Labute approximate surface area is 120 Å². The molecule has 1 saturated heterocycles. The van der Waals surface area contributed by atoms with Crippen molar-refractivity contribution in [2.45, 2.75) is 38.6 Å². The van der Waals surface area contributed by atoms with E-state index >= 15 is 0 Å². The number of aliphatic carboxylic acids is 1. The van der Waals surface area contributed by atoms with Crippen molar-refractivity contribution >= 4 is 5.97 Å². The van der Waals surface area contributed by atoms with Crippen molar-refractivity contribution in [1.82, 2.24) is 4.90 Å². The molecule has 2 aliphatic rings. The summed E-state index contributed by atoms with van der Waals surface area (Å²) in [7, 11) is 0. The minimum Gasteiger partial charge on any atom is -0.481 e. The van der Waals surface area contributed by atoms with E-state index in [1.165, 1.54) is 5.56 Å². The van der Waals surface area contributed by atoms with Crippen molar-refractivity contribution in [2.75, 3.05) is 13.1 Å². The first kappa shape index (κ1) is 13.6. The van der Waals surface area contributed by atoms with Crippen LogP contribution in [0.2, 0.25) is 0 Å². The Bertz CT molecular complexity index is 473. The zero-order chi connectivity index (χ0) is 14.0. The molecule has 0 aromatic heterocycles. The second-order valence-corrected chi connectivity index (χ2v) is 6.45. The van der Waals surface area contributed by atoms with E-state index in [1.807, 2.05) is 6.07 Å². The first-order chi connectivity index (χ1) is 9.70. The molecule has 2 fully saturated rings. The molecule has 2 atom stereocenters. The van der Waals surface area contributed by atoms with Crippen LogP contribution in [0.25, 0.3) is 0 Å². The van der Waals surface area contributed by atoms with Gasteiger partial charge in [0.05, 0.1) is 5.92 Å². The van der Waals surface area contributed by atoms with Crippen molar-refractivity contribution in [2.24, 2.45) is 11.3 Å². The summed E-state index contributed by atoms with van der Waals surface area (Å²) < 4.78 is 0. The number of benzene rings is 1. The molecule has 0 unspecified atom stereocenters. The van der Waals surface area contributed by atoms with E-state index < -0.39 is 5.97 Å². The molecule has 0 bridgehead atoms. The molecule has 1 spiro atoms. The van der Waals surface area contributed by atoms with Gasteiger partial charge in [0.2, 0.25) is 0 Å². The number of hydrogen-bond acceptors (Lipinski definition) is 2. The van der Waals surface area contributed by atoms with Crippen LogP contribution in [0.3, 0.4) is 0 Å². The quantitative estimate of drug-likeness (QED) is 0.919. The fourth-order valence-electron chi connectivity index (χ4n) is 4.25. The van der Waals surface area contributed by atoms with E-state index in [-0.39, 0.29) is 11.3 Å². The number of carboxylic acids is 1. The maximum Gasteiger partial charge on any atom is 0.307 e. The van der Waals surface area contributed by atoms with Crippen LogP contribution < -0.4 is 0 Å². The molecule has 1 aromatic carbocycles. The van der Waals surface area contributed by atoms with Gasteiger partial charge in [-0.2, -0.15) is 0 Å². The Morgan fingerprint density at radius 3 is 2.75 bits per heavy atom. The van der Waals surface area contributed by atoms with Gasteiger partial charge in [0.1, 0.15) is 0 Å². The van der Waals surface area contributed by atoms with Gasteiger partial charge in [-0.3, -0.25) is 9.69 Å². The van der Waals surface area contributed by atoms with Crippen LogP contribution in [0.5, 0.6) is 0 Å². The van der Waals surface area contributed by atoms with E-state index in [0.717, 1.165) is 51.7 Å². The largest absolute Gasteiger partial charge is 0.481 e. The van der Waals surface area contributed by atoms with Crippen LogP contribution >= 0.6 is 0 Å². The molecule has 0 amide bonds. The zero-order valence-electron chi connectivity index (χ0n) is 11.9. The highest BCUT2D eigenvalue weighted by molar-refractivity contribution is 5.71. The summed E-state index contributed by atoms with van der Waals surface area (Å²) in [5, 5.41) is 9.49. The summed E-state index contributed by atoms with van der Waals surface area (Å²) >= 11 is 0. The van der Waals surface area contributed by atoms with E-state index in [4.69, 9.17) is 0 Å². The lowest BCUT2D eigenvalue weighted by molar-refractivity contribution is -0.147. The SMILES string of the molecule is O=C(O)[C@H]1CCC[C@@]12CCCN(Cc1ccccc1)C2. The summed E-state index contributed by atoms with van der Waals surface area (Å²) in [5.74, 6) is -0.704. The second kappa shape index (κ2) is 5.57. The smallest absolute Gasteiger partial charge is 0.307 e. The second-order valence-electron chi connectivity index (χ2n) is 6.45. The van der Waals surface area contributed by atoms with E-state index in [1.54, 1.807) is 0 Å². The van der Waals surface area contributed by atoms with E-state index in [0.29, 0.717) is 0 Å². The van der Waals surface area contributed by atoms with Crippen molar-refractivity contribution in [1.29, 1.82) is 0 Å². The van der Waals surface area contributed by atoms with Crippen molar-refractivity contribution in [3.63, 3.8) is 0 Å². The Kier molecular flexibility index (Phi) is 3.79. The van der Waals surface area contributed by atoms with Gasteiger partial charge in [-0.15, -0.1) is 0 Å². The zero-order valence-corrected chi connectivity index (χ0v) is 11.9. The third kappa shape index (κ3) is 2.59. The maximum atomic E-state index is 11.5. The number of piperidine rings is 1. The third-order valence-electron chi connectivity index (χ3n) is 5.14. The molecule has 1 aliphatic carbocycles. The summed E-state index contributed by atoms with van der Waals surface area (Å²) in [5.41, 5.74) is 1.37. The van der Waals surface area contributed by atoms with E-state index in [2.05, 4.69) is 29.2 Å². The van der Waals surface area contributed by atoms with Gasteiger partial charge in [0.15, 0.2) is 0 Å². The van der Waals surface area contributed by atoms with Gasteiger partial charge in [0.25, 0.3) is 0 Å². The molecule has 3 heteroatoms. The standard InChI is InChI=1S/C17H23NO2/c19-16(20)15-8-4-9-17(15)10-5-11-18(13-17)12-14-6-2-1-3-7-14/h1-3,6-7,15H,4-5,8-13H2,(H,19,20)/t15-,17+/m1/s1. The molecule has 3 rings (SSSR count). The molecule has 1 aromatic rings. The monoisotopic (exact) mass is 273 g/mol. The highest BCUT2D eigenvalue weighted by Crippen LogP contribution is 2.49. The number of carboxylic acid groups (broad SMARTS) is 1. The molecule has 1 N–H and O–H groups in total. The molecule has 20 heavy (non-hydrogen) atoms. The Hall–Kier alpha value is -1.35. The molecule has 108 valence electrons. The van der Waals surface area contributed by atoms with Gasteiger partial charge in [0, 0.05) is 13.1 Å². The minimum absolute atomic E-state index is 0.0405. The number of rotatable bonds is 3. The van der Waals surface area contributed by atoms with Gasteiger partial charge in [-0.05, 0) is 43.2 Å². The van der Waals surface area contributed by atoms with Gasteiger partial charge < -0.3 is 5.11 Å². The van der Waals surface area contributed by atoms with Gasteiger partial charge in [-0.1, -0.05) is 36.8 Å². The Morgan fingerprint density at radius 1 is 1.25 bits per heavy atom. The summed E-state index contributed by atoms with van der Waals surface area (Å²) in [6, 6.07) is 10.5. The first-order valence-corrected chi connectivity index (χ1v) is 7.69. The van der Waals surface area contributed by atoms with Crippen molar-refractivity contribution in [3.05, 3.63) is 35.9 Å². The normalized spacial score (nSPS) is 30.7. The van der Waals surface area contributed by atoms with Crippen LogP contribution in [0.15, 0.2) is 30.3 Å². The number of nitrogens with zero attached hydrogens (tertiary/aromatic N) is 1. The predicted molar refractivity (Wildman–Crippen MR) is 78.4 cm³/mol. The lowest BCUT2D eigenvalue weighted by Crippen LogP contribution is -2.46. The Balaban J connectivity index is 1.71. The molecule has 3 nitrogen and oxygen atoms in total. The third-order valence-corrected chi connectivity index (χ3v) is 5.14. The number of likely N-dealkylation sites (tertiary alicyclic amines) is 1. The lowest BCUT2D eigenvalue weighted by Gasteiger charge is -2.43.